The average molecular weight is 434 g/mol. The van der Waals surface area contributed by atoms with E-state index in [4.69, 9.17) is 19.5 Å². The third kappa shape index (κ3) is 5.56. The number of carbonyl (C=O) groups excluding carboxylic acids is 1. The molecule has 0 radical (unpaired) electrons. The molecule has 0 bridgehead atoms. The Morgan fingerprint density at radius 3 is 2.59 bits per heavy atom. The molecule has 0 aliphatic rings. The summed E-state index contributed by atoms with van der Waals surface area (Å²) in [6.07, 6.45) is 1.41. The van der Waals surface area contributed by atoms with E-state index in [-0.39, 0.29) is 24.6 Å². The van der Waals surface area contributed by atoms with Gasteiger partial charge in [-0.2, -0.15) is 5.26 Å². The molecule has 0 saturated heterocycles. The van der Waals surface area contributed by atoms with Crippen molar-refractivity contribution in [3.05, 3.63) is 63.4 Å². The van der Waals surface area contributed by atoms with Crippen LogP contribution in [0.15, 0.2) is 46.4 Å². The summed E-state index contributed by atoms with van der Waals surface area (Å²) in [4.78, 5) is 11.8. The number of halogens is 2. The third-order valence-corrected chi connectivity index (χ3v) is 4.06. The fraction of sp³-hybridized carbons (Fsp3) is 0.200. The van der Waals surface area contributed by atoms with Crippen molar-refractivity contribution in [1.29, 1.82) is 5.26 Å². The quantitative estimate of drug-likeness (QED) is 0.361. The van der Waals surface area contributed by atoms with Crippen LogP contribution in [0.2, 0.25) is 0 Å². The smallest absolute Gasteiger partial charge is 0.348 e. The monoisotopic (exact) mass is 433 g/mol. The molecule has 0 spiro atoms. The topological polar surface area (TPSA) is 68.6 Å². The molecule has 27 heavy (non-hydrogen) atoms. The fourth-order valence-corrected chi connectivity index (χ4v) is 2.79. The van der Waals surface area contributed by atoms with Gasteiger partial charge in [-0.05, 0) is 64.3 Å². The first-order chi connectivity index (χ1) is 13.0. The predicted octanol–water partition coefficient (Wildman–Crippen LogP) is 4.65. The minimum absolute atomic E-state index is 0.120. The molecule has 7 heteroatoms. The minimum Gasteiger partial charge on any atom is -0.493 e. The molecular weight excluding hydrogens is 417 g/mol. The van der Waals surface area contributed by atoms with Gasteiger partial charge in [-0.1, -0.05) is 12.1 Å². The van der Waals surface area contributed by atoms with Crippen molar-refractivity contribution in [3.8, 4) is 17.6 Å². The zero-order chi connectivity index (χ0) is 19.8. The summed E-state index contributed by atoms with van der Waals surface area (Å²) < 4.78 is 29.6. The van der Waals surface area contributed by atoms with E-state index >= 15 is 0 Å². The first-order valence-electron chi connectivity index (χ1n) is 8.02. The van der Waals surface area contributed by atoms with Crippen LogP contribution in [-0.2, 0) is 16.1 Å². The van der Waals surface area contributed by atoms with Crippen LogP contribution in [0.25, 0.3) is 6.08 Å². The van der Waals surface area contributed by atoms with Gasteiger partial charge in [0.15, 0.2) is 11.5 Å². The number of ether oxygens (including phenoxy) is 3. The SMILES string of the molecule is CCOC(=O)/C(C#N)=C\c1cc(Br)c(OCc2ccc(F)cc2)c(OC)c1. The number of nitriles is 1. The highest BCUT2D eigenvalue weighted by atomic mass is 79.9. The van der Waals surface area contributed by atoms with Gasteiger partial charge in [-0.25, -0.2) is 9.18 Å². The number of methoxy groups -OCH3 is 1. The fourth-order valence-electron chi connectivity index (χ4n) is 2.21. The van der Waals surface area contributed by atoms with Gasteiger partial charge in [0.05, 0.1) is 18.2 Å². The summed E-state index contributed by atoms with van der Waals surface area (Å²) in [6.45, 7) is 2.07. The standard InChI is InChI=1S/C20H17BrFNO4/c1-3-26-20(24)15(11-23)8-14-9-17(21)19(18(10-14)25-2)27-12-13-4-6-16(22)7-5-13/h4-10H,3,12H2,1-2H3/b15-8-. The average Bonchev–Trinajstić information content (AvgIpc) is 2.66. The number of benzene rings is 2. The number of hydrogen-bond acceptors (Lipinski definition) is 5. The predicted molar refractivity (Wildman–Crippen MR) is 102 cm³/mol. The molecule has 0 aromatic heterocycles. The molecule has 0 unspecified atom stereocenters. The van der Waals surface area contributed by atoms with Crippen LogP contribution in [0.1, 0.15) is 18.1 Å². The zero-order valence-electron chi connectivity index (χ0n) is 14.8. The highest BCUT2D eigenvalue weighted by Crippen LogP contribution is 2.37. The Hall–Kier alpha value is -2.85. The van der Waals surface area contributed by atoms with Crippen molar-refractivity contribution >= 4 is 28.0 Å². The number of hydrogen-bond donors (Lipinski definition) is 0. The summed E-state index contributed by atoms with van der Waals surface area (Å²) in [5, 5.41) is 9.15. The first-order valence-corrected chi connectivity index (χ1v) is 8.81. The highest BCUT2D eigenvalue weighted by Gasteiger charge is 2.14. The van der Waals surface area contributed by atoms with Crippen molar-refractivity contribution in [1.82, 2.24) is 0 Å². The van der Waals surface area contributed by atoms with Crippen LogP contribution in [0.5, 0.6) is 11.5 Å². The second-order valence-corrected chi connectivity index (χ2v) is 6.19. The Morgan fingerprint density at radius 2 is 2.00 bits per heavy atom. The van der Waals surface area contributed by atoms with E-state index in [1.807, 2.05) is 6.07 Å². The Kier molecular flexibility index (Phi) is 7.38. The number of rotatable bonds is 7. The number of esters is 1. The Balaban J connectivity index is 2.27. The van der Waals surface area contributed by atoms with Crippen LogP contribution in [0, 0.1) is 17.1 Å². The van der Waals surface area contributed by atoms with Gasteiger partial charge in [0.25, 0.3) is 0 Å². The van der Waals surface area contributed by atoms with Crippen molar-refractivity contribution in [2.24, 2.45) is 0 Å². The van der Waals surface area contributed by atoms with Crippen LogP contribution >= 0.6 is 15.9 Å². The van der Waals surface area contributed by atoms with Gasteiger partial charge >= 0.3 is 5.97 Å². The Labute approximate surface area is 165 Å². The lowest BCUT2D eigenvalue weighted by atomic mass is 10.1. The molecule has 0 heterocycles. The maximum absolute atomic E-state index is 13.0. The molecule has 0 aliphatic carbocycles. The number of nitrogens with zero attached hydrogens (tertiary/aromatic N) is 1. The molecule has 0 saturated carbocycles. The second kappa shape index (κ2) is 9.74. The molecule has 2 aromatic carbocycles. The van der Waals surface area contributed by atoms with E-state index in [9.17, 15) is 9.18 Å². The van der Waals surface area contributed by atoms with Crippen LogP contribution < -0.4 is 9.47 Å². The molecule has 0 N–H and O–H groups in total. The molecular formula is C20H17BrFNO4. The van der Waals surface area contributed by atoms with Crippen LogP contribution in [-0.4, -0.2) is 19.7 Å². The van der Waals surface area contributed by atoms with Gasteiger partial charge < -0.3 is 14.2 Å². The summed E-state index contributed by atoms with van der Waals surface area (Å²) >= 11 is 3.41. The second-order valence-electron chi connectivity index (χ2n) is 5.34. The van der Waals surface area contributed by atoms with Crippen molar-refractivity contribution in [3.63, 3.8) is 0 Å². The lowest BCUT2D eigenvalue weighted by Crippen LogP contribution is -2.06. The van der Waals surface area contributed by atoms with E-state index in [0.717, 1.165) is 5.56 Å². The Morgan fingerprint density at radius 1 is 1.30 bits per heavy atom. The Bertz CT molecular complexity index is 888. The minimum atomic E-state index is -0.688. The van der Waals surface area contributed by atoms with Crippen LogP contribution in [0.4, 0.5) is 4.39 Å². The van der Waals surface area contributed by atoms with E-state index in [1.165, 1.54) is 25.3 Å². The zero-order valence-corrected chi connectivity index (χ0v) is 16.4. The van der Waals surface area contributed by atoms with Gasteiger partial charge in [0.2, 0.25) is 0 Å². The summed E-state index contributed by atoms with van der Waals surface area (Å²) in [5.74, 6) is -0.136. The van der Waals surface area contributed by atoms with E-state index < -0.39 is 5.97 Å². The van der Waals surface area contributed by atoms with E-state index in [1.54, 1.807) is 31.2 Å². The molecule has 2 rings (SSSR count). The first kappa shape index (κ1) is 20.5. The van der Waals surface area contributed by atoms with Gasteiger partial charge in [0.1, 0.15) is 24.1 Å². The van der Waals surface area contributed by atoms with E-state index in [2.05, 4.69) is 15.9 Å². The largest absolute Gasteiger partial charge is 0.493 e. The lowest BCUT2D eigenvalue weighted by molar-refractivity contribution is -0.137. The normalized spacial score (nSPS) is 10.9. The number of carbonyl (C=O) groups is 1. The third-order valence-electron chi connectivity index (χ3n) is 3.48. The molecule has 5 nitrogen and oxygen atoms in total. The molecule has 140 valence electrons. The maximum Gasteiger partial charge on any atom is 0.348 e. The molecule has 2 aromatic rings. The van der Waals surface area contributed by atoms with Gasteiger partial charge in [-0.3, -0.25) is 0 Å². The molecule has 0 fully saturated rings. The lowest BCUT2D eigenvalue weighted by Gasteiger charge is -2.14. The van der Waals surface area contributed by atoms with Crippen molar-refractivity contribution in [2.75, 3.05) is 13.7 Å². The van der Waals surface area contributed by atoms with Crippen LogP contribution in [0.3, 0.4) is 0 Å². The molecule has 0 atom stereocenters. The molecule has 0 aliphatic heterocycles. The van der Waals surface area contributed by atoms with E-state index in [0.29, 0.717) is 21.5 Å². The van der Waals surface area contributed by atoms with Crippen molar-refractivity contribution < 1.29 is 23.4 Å². The highest BCUT2D eigenvalue weighted by molar-refractivity contribution is 9.10. The summed E-state index contributed by atoms with van der Waals surface area (Å²) in [6, 6.07) is 11.1. The van der Waals surface area contributed by atoms with Gasteiger partial charge in [0, 0.05) is 0 Å². The van der Waals surface area contributed by atoms with Crippen molar-refractivity contribution in [2.45, 2.75) is 13.5 Å². The molecule has 0 amide bonds. The maximum atomic E-state index is 13.0. The summed E-state index contributed by atoms with van der Waals surface area (Å²) in [7, 11) is 1.48. The van der Waals surface area contributed by atoms with Gasteiger partial charge in [-0.15, -0.1) is 0 Å². The summed E-state index contributed by atoms with van der Waals surface area (Å²) in [5.41, 5.74) is 1.24.